The second kappa shape index (κ2) is 3.48. The average Bonchev–Trinajstić information content (AvgIpc) is 2.82. The van der Waals surface area contributed by atoms with Crippen LogP contribution in [0.4, 0.5) is 0 Å². The molecular weight excluding hydrogens is 196 g/mol. The Morgan fingerprint density at radius 2 is 2.12 bits per heavy atom. The van der Waals surface area contributed by atoms with Crippen molar-refractivity contribution in [3.8, 4) is 11.3 Å². The zero-order chi connectivity index (χ0) is 11.1. The minimum absolute atomic E-state index is 0.480. The van der Waals surface area contributed by atoms with E-state index in [4.69, 9.17) is 0 Å². The third kappa shape index (κ3) is 1.29. The van der Waals surface area contributed by atoms with Gasteiger partial charge in [0.1, 0.15) is 0 Å². The largest absolute Gasteiger partial charge is 0.323 e. The molecule has 0 N–H and O–H groups in total. The molecule has 2 heteroatoms. The molecule has 2 heterocycles. The fraction of sp³-hybridized carbons (Fsp3) is 0.357. The van der Waals surface area contributed by atoms with E-state index >= 15 is 0 Å². The molecule has 16 heavy (non-hydrogen) atoms. The van der Waals surface area contributed by atoms with Crippen LogP contribution in [0.5, 0.6) is 0 Å². The second-order valence-electron chi connectivity index (χ2n) is 4.92. The second-order valence-corrected chi connectivity index (χ2v) is 4.92. The molecule has 2 nitrogen and oxygen atoms in total. The van der Waals surface area contributed by atoms with Gasteiger partial charge < -0.3 is 4.57 Å². The van der Waals surface area contributed by atoms with E-state index in [1.807, 2.05) is 12.5 Å². The third-order valence-electron chi connectivity index (χ3n) is 3.29. The maximum Gasteiger partial charge on any atom is 0.0956 e. The molecule has 0 amide bonds. The fourth-order valence-electron chi connectivity index (χ4n) is 2.62. The standard InChI is InChI=1S/C14H16N2/c1-10(2)7-13-11-5-3-4-6-12(11)14-8-15-9-16(13)14/h3-6,8-10,13H,7H2,1-2H3. The van der Waals surface area contributed by atoms with Crippen LogP contribution in [0.15, 0.2) is 36.8 Å². The molecule has 1 aromatic heterocycles. The summed E-state index contributed by atoms with van der Waals surface area (Å²) in [5.74, 6) is 0.700. The Balaban J connectivity index is 2.13. The minimum atomic E-state index is 0.480. The van der Waals surface area contributed by atoms with Crippen molar-refractivity contribution < 1.29 is 0 Å². The van der Waals surface area contributed by atoms with Crippen molar-refractivity contribution >= 4 is 0 Å². The van der Waals surface area contributed by atoms with Crippen molar-refractivity contribution in [2.75, 3.05) is 0 Å². The van der Waals surface area contributed by atoms with E-state index < -0.39 is 0 Å². The molecule has 82 valence electrons. The van der Waals surface area contributed by atoms with Crippen LogP contribution >= 0.6 is 0 Å². The highest BCUT2D eigenvalue weighted by Crippen LogP contribution is 2.41. The number of nitrogens with zero attached hydrogens (tertiary/aromatic N) is 2. The van der Waals surface area contributed by atoms with Gasteiger partial charge >= 0.3 is 0 Å². The first-order valence-electron chi connectivity index (χ1n) is 5.88. The molecule has 1 aliphatic heterocycles. The quantitative estimate of drug-likeness (QED) is 0.745. The lowest BCUT2D eigenvalue weighted by Crippen LogP contribution is -2.07. The van der Waals surface area contributed by atoms with Gasteiger partial charge in [0, 0.05) is 5.56 Å². The molecule has 1 aliphatic rings. The van der Waals surface area contributed by atoms with E-state index in [1.165, 1.54) is 23.2 Å². The Bertz CT molecular complexity index is 511. The maximum absolute atomic E-state index is 4.26. The zero-order valence-electron chi connectivity index (χ0n) is 9.72. The van der Waals surface area contributed by atoms with Crippen molar-refractivity contribution in [3.63, 3.8) is 0 Å². The highest BCUT2D eigenvalue weighted by molar-refractivity contribution is 5.68. The molecule has 2 aromatic rings. The Kier molecular flexibility index (Phi) is 2.10. The zero-order valence-corrected chi connectivity index (χ0v) is 9.72. The van der Waals surface area contributed by atoms with Gasteiger partial charge in [-0.3, -0.25) is 0 Å². The average molecular weight is 212 g/mol. The van der Waals surface area contributed by atoms with Crippen LogP contribution in [0.25, 0.3) is 11.3 Å². The van der Waals surface area contributed by atoms with E-state index in [9.17, 15) is 0 Å². The van der Waals surface area contributed by atoms with Gasteiger partial charge in [0.25, 0.3) is 0 Å². The summed E-state index contributed by atoms with van der Waals surface area (Å²) in [7, 11) is 0. The van der Waals surface area contributed by atoms with Crippen molar-refractivity contribution in [2.45, 2.75) is 26.3 Å². The van der Waals surface area contributed by atoms with Crippen molar-refractivity contribution in [1.29, 1.82) is 0 Å². The summed E-state index contributed by atoms with van der Waals surface area (Å²) in [6, 6.07) is 9.16. The van der Waals surface area contributed by atoms with Crippen LogP contribution < -0.4 is 0 Å². The summed E-state index contributed by atoms with van der Waals surface area (Å²) in [5, 5.41) is 0. The van der Waals surface area contributed by atoms with Gasteiger partial charge in [-0.2, -0.15) is 0 Å². The molecule has 0 aliphatic carbocycles. The number of hydrogen-bond donors (Lipinski definition) is 0. The van der Waals surface area contributed by atoms with Crippen LogP contribution in [0.2, 0.25) is 0 Å². The fourth-order valence-corrected chi connectivity index (χ4v) is 2.62. The Hall–Kier alpha value is -1.57. The lowest BCUT2D eigenvalue weighted by Gasteiger charge is -2.16. The van der Waals surface area contributed by atoms with Crippen LogP contribution in [0.3, 0.4) is 0 Å². The molecular formula is C14H16N2. The van der Waals surface area contributed by atoms with E-state index in [-0.39, 0.29) is 0 Å². The number of aromatic nitrogens is 2. The summed E-state index contributed by atoms with van der Waals surface area (Å²) in [6.07, 6.45) is 5.11. The van der Waals surface area contributed by atoms with Gasteiger partial charge in [0.2, 0.25) is 0 Å². The van der Waals surface area contributed by atoms with Crippen LogP contribution in [0.1, 0.15) is 31.9 Å². The summed E-state index contributed by atoms with van der Waals surface area (Å²) in [5.41, 5.74) is 4.07. The SMILES string of the molecule is CC(C)CC1c2ccccc2-c2cncn21. The number of imidazole rings is 1. The third-order valence-corrected chi connectivity index (χ3v) is 3.29. The summed E-state index contributed by atoms with van der Waals surface area (Å²) in [6.45, 7) is 4.55. The Labute approximate surface area is 95.9 Å². The van der Waals surface area contributed by atoms with Crippen LogP contribution in [-0.4, -0.2) is 9.55 Å². The highest BCUT2D eigenvalue weighted by atomic mass is 15.1. The first-order chi connectivity index (χ1) is 7.77. The number of fused-ring (bicyclic) bond motifs is 3. The van der Waals surface area contributed by atoms with Gasteiger partial charge in [0.15, 0.2) is 0 Å². The number of hydrogen-bond acceptors (Lipinski definition) is 1. The topological polar surface area (TPSA) is 17.8 Å². The highest BCUT2D eigenvalue weighted by Gasteiger charge is 2.27. The summed E-state index contributed by atoms with van der Waals surface area (Å²) < 4.78 is 2.31. The Morgan fingerprint density at radius 3 is 2.94 bits per heavy atom. The smallest absolute Gasteiger partial charge is 0.0956 e. The molecule has 0 bridgehead atoms. The number of rotatable bonds is 2. The first kappa shape index (κ1) is 9.64. The predicted molar refractivity (Wildman–Crippen MR) is 65.3 cm³/mol. The monoisotopic (exact) mass is 212 g/mol. The Morgan fingerprint density at radius 1 is 1.31 bits per heavy atom. The molecule has 1 unspecified atom stereocenters. The van der Waals surface area contributed by atoms with E-state index in [2.05, 4.69) is 47.7 Å². The van der Waals surface area contributed by atoms with Gasteiger partial charge in [0.05, 0.1) is 24.3 Å². The van der Waals surface area contributed by atoms with E-state index in [0.717, 1.165) is 0 Å². The van der Waals surface area contributed by atoms with Gasteiger partial charge in [-0.25, -0.2) is 4.98 Å². The van der Waals surface area contributed by atoms with Crippen molar-refractivity contribution in [3.05, 3.63) is 42.4 Å². The lowest BCUT2D eigenvalue weighted by molar-refractivity contribution is 0.465. The van der Waals surface area contributed by atoms with E-state index in [1.54, 1.807) is 0 Å². The molecule has 0 spiro atoms. The molecule has 0 radical (unpaired) electrons. The maximum atomic E-state index is 4.26. The molecule has 1 aromatic carbocycles. The molecule has 1 atom stereocenters. The lowest BCUT2D eigenvalue weighted by atomic mass is 9.96. The summed E-state index contributed by atoms with van der Waals surface area (Å²) >= 11 is 0. The predicted octanol–water partition coefficient (Wildman–Crippen LogP) is 3.50. The minimum Gasteiger partial charge on any atom is -0.323 e. The van der Waals surface area contributed by atoms with Crippen molar-refractivity contribution in [2.24, 2.45) is 5.92 Å². The van der Waals surface area contributed by atoms with Crippen molar-refractivity contribution in [1.82, 2.24) is 9.55 Å². The van der Waals surface area contributed by atoms with Gasteiger partial charge in [-0.1, -0.05) is 38.1 Å². The van der Waals surface area contributed by atoms with E-state index in [0.29, 0.717) is 12.0 Å². The molecule has 0 fully saturated rings. The molecule has 0 saturated carbocycles. The normalized spacial score (nSPS) is 17.6. The molecule has 3 rings (SSSR count). The van der Waals surface area contributed by atoms with Crippen LogP contribution in [0, 0.1) is 5.92 Å². The summed E-state index contributed by atoms with van der Waals surface area (Å²) in [4.78, 5) is 4.26. The van der Waals surface area contributed by atoms with Crippen LogP contribution in [-0.2, 0) is 0 Å². The van der Waals surface area contributed by atoms with Gasteiger partial charge in [-0.15, -0.1) is 0 Å². The first-order valence-corrected chi connectivity index (χ1v) is 5.88. The van der Waals surface area contributed by atoms with Gasteiger partial charge in [-0.05, 0) is 17.9 Å². The molecule has 0 saturated heterocycles. The number of benzene rings is 1.